The zero-order chi connectivity index (χ0) is 21.2. The van der Waals surface area contributed by atoms with E-state index in [1.807, 2.05) is 64.1 Å². The summed E-state index contributed by atoms with van der Waals surface area (Å²) in [5.41, 5.74) is 2.98. The Labute approximate surface area is 197 Å². The number of methoxy groups -OCH3 is 1. The van der Waals surface area contributed by atoms with Crippen LogP contribution in [-0.4, -0.2) is 37.4 Å². The van der Waals surface area contributed by atoms with Crippen LogP contribution in [-0.2, 0) is 6.54 Å². The van der Waals surface area contributed by atoms with Crippen LogP contribution in [0.25, 0.3) is 0 Å². The van der Waals surface area contributed by atoms with Gasteiger partial charge in [-0.25, -0.2) is 4.99 Å². The van der Waals surface area contributed by atoms with Gasteiger partial charge in [-0.3, -0.25) is 0 Å². The van der Waals surface area contributed by atoms with Crippen molar-refractivity contribution in [2.75, 3.05) is 20.2 Å². The SMILES string of the molecule is CCNC(=NCc1ccc(OC)c(C)c1)NCC(O)c1cccc(OC(C)C)c1.I. The molecule has 0 aliphatic rings. The molecule has 0 radical (unpaired) electrons. The molecule has 1 unspecified atom stereocenters. The average Bonchev–Trinajstić information content (AvgIpc) is 2.69. The highest BCUT2D eigenvalue weighted by Crippen LogP contribution is 2.20. The number of nitrogens with one attached hydrogen (secondary N) is 2. The summed E-state index contributed by atoms with van der Waals surface area (Å²) in [5.74, 6) is 2.29. The lowest BCUT2D eigenvalue weighted by Gasteiger charge is -2.17. The summed E-state index contributed by atoms with van der Waals surface area (Å²) in [4.78, 5) is 4.62. The van der Waals surface area contributed by atoms with Crippen molar-refractivity contribution in [3.8, 4) is 11.5 Å². The van der Waals surface area contributed by atoms with Gasteiger partial charge < -0.3 is 25.2 Å². The number of nitrogens with zero attached hydrogens (tertiary/aromatic N) is 1. The van der Waals surface area contributed by atoms with Crippen molar-refractivity contribution in [2.24, 2.45) is 4.99 Å². The van der Waals surface area contributed by atoms with Crippen molar-refractivity contribution in [2.45, 2.75) is 46.4 Å². The van der Waals surface area contributed by atoms with Gasteiger partial charge in [-0.2, -0.15) is 0 Å². The number of aliphatic hydroxyl groups is 1. The molecule has 0 saturated carbocycles. The number of hydrogen-bond donors (Lipinski definition) is 3. The summed E-state index contributed by atoms with van der Waals surface area (Å²) in [7, 11) is 1.67. The van der Waals surface area contributed by atoms with Crippen LogP contribution in [0.4, 0.5) is 0 Å². The second-order valence-electron chi connectivity index (χ2n) is 7.13. The zero-order valence-electron chi connectivity index (χ0n) is 18.4. The van der Waals surface area contributed by atoms with Gasteiger partial charge in [-0.05, 0) is 62.6 Å². The van der Waals surface area contributed by atoms with E-state index in [0.29, 0.717) is 19.0 Å². The lowest BCUT2D eigenvalue weighted by atomic mass is 10.1. The second-order valence-corrected chi connectivity index (χ2v) is 7.13. The fourth-order valence-corrected chi connectivity index (χ4v) is 2.93. The lowest BCUT2D eigenvalue weighted by Crippen LogP contribution is -2.39. The third-order valence-electron chi connectivity index (χ3n) is 4.30. The van der Waals surface area contributed by atoms with Crippen molar-refractivity contribution >= 4 is 29.9 Å². The summed E-state index contributed by atoms with van der Waals surface area (Å²) in [6.07, 6.45) is -0.576. The smallest absolute Gasteiger partial charge is 0.191 e. The number of benzene rings is 2. The average molecular weight is 527 g/mol. The minimum absolute atomic E-state index is 0. The Balaban J connectivity index is 0.00000450. The van der Waals surface area contributed by atoms with Crippen LogP contribution >= 0.6 is 24.0 Å². The van der Waals surface area contributed by atoms with E-state index >= 15 is 0 Å². The molecule has 0 aliphatic carbocycles. The molecular formula is C23H34IN3O3. The summed E-state index contributed by atoms with van der Waals surface area (Å²) < 4.78 is 11.0. The molecule has 0 heterocycles. The normalized spacial score (nSPS) is 12.2. The van der Waals surface area contributed by atoms with Crippen LogP contribution in [0, 0.1) is 6.92 Å². The predicted molar refractivity (Wildman–Crippen MR) is 133 cm³/mol. The second kappa shape index (κ2) is 13.3. The topological polar surface area (TPSA) is 75.1 Å². The van der Waals surface area contributed by atoms with E-state index in [2.05, 4.69) is 21.7 Å². The molecule has 2 rings (SSSR count). The van der Waals surface area contributed by atoms with Gasteiger partial charge in [0.15, 0.2) is 5.96 Å². The maximum atomic E-state index is 10.6. The van der Waals surface area contributed by atoms with Crippen LogP contribution in [0.3, 0.4) is 0 Å². The molecule has 0 aliphatic heterocycles. The van der Waals surface area contributed by atoms with Crippen LogP contribution in [0.2, 0.25) is 0 Å². The number of guanidine groups is 1. The maximum Gasteiger partial charge on any atom is 0.191 e. The first-order valence-corrected chi connectivity index (χ1v) is 10.0. The summed E-state index contributed by atoms with van der Waals surface area (Å²) in [6.45, 7) is 9.61. The minimum atomic E-state index is -0.669. The van der Waals surface area contributed by atoms with Crippen molar-refractivity contribution in [1.29, 1.82) is 0 Å². The van der Waals surface area contributed by atoms with E-state index in [0.717, 1.165) is 34.7 Å². The molecule has 7 heteroatoms. The van der Waals surface area contributed by atoms with Gasteiger partial charge >= 0.3 is 0 Å². The molecule has 0 bridgehead atoms. The van der Waals surface area contributed by atoms with Crippen molar-refractivity contribution in [3.63, 3.8) is 0 Å². The molecular weight excluding hydrogens is 493 g/mol. The first-order chi connectivity index (χ1) is 13.9. The van der Waals surface area contributed by atoms with Gasteiger partial charge in [0.2, 0.25) is 0 Å². The molecule has 0 fully saturated rings. The van der Waals surface area contributed by atoms with Gasteiger partial charge in [-0.15, -0.1) is 24.0 Å². The fourth-order valence-electron chi connectivity index (χ4n) is 2.93. The molecule has 2 aromatic rings. The van der Waals surface area contributed by atoms with Gasteiger partial charge in [0.1, 0.15) is 11.5 Å². The van der Waals surface area contributed by atoms with Crippen molar-refractivity contribution in [3.05, 3.63) is 59.2 Å². The first-order valence-electron chi connectivity index (χ1n) is 10.0. The van der Waals surface area contributed by atoms with Gasteiger partial charge in [0.05, 0.1) is 25.9 Å². The molecule has 0 saturated heterocycles. The quantitative estimate of drug-likeness (QED) is 0.259. The monoisotopic (exact) mass is 527 g/mol. The van der Waals surface area contributed by atoms with E-state index < -0.39 is 6.10 Å². The standard InChI is InChI=1S/C23H33N3O3.HI/c1-6-24-23(25-14-18-10-11-22(28-5)17(4)12-18)26-15-21(27)19-8-7-9-20(13-19)29-16(2)3;/h7-13,16,21,27H,6,14-15H2,1-5H3,(H2,24,25,26);1H. The summed E-state index contributed by atoms with van der Waals surface area (Å²) in [5, 5.41) is 17.0. The Morgan fingerprint density at radius 2 is 1.90 bits per heavy atom. The number of hydrogen-bond acceptors (Lipinski definition) is 4. The van der Waals surface area contributed by atoms with Crippen molar-refractivity contribution in [1.82, 2.24) is 10.6 Å². The third-order valence-corrected chi connectivity index (χ3v) is 4.30. The highest BCUT2D eigenvalue weighted by molar-refractivity contribution is 14.0. The molecule has 3 N–H and O–H groups in total. The number of ether oxygens (including phenoxy) is 2. The third kappa shape index (κ3) is 8.39. The molecule has 0 amide bonds. The molecule has 166 valence electrons. The molecule has 0 spiro atoms. The Morgan fingerprint density at radius 1 is 1.13 bits per heavy atom. The van der Waals surface area contributed by atoms with E-state index in [1.165, 1.54) is 0 Å². The number of halogens is 1. The van der Waals surface area contributed by atoms with Gasteiger partial charge in [0, 0.05) is 13.1 Å². The summed E-state index contributed by atoms with van der Waals surface area (Å²) >= 11 is 0. The first kappa shape index (κ1) is 26.0. The number of aliphatic hydroxyl groups excluding tert-OH is 1. The minimum Gasteiger partial charge on any atom is -0.496 e. The molecule has 6 nitrogen and oxygen atoms in total. The van der Waals surface area contributed by atoms with Crippen LogP contribution in [0.15, 0.2) is 47.5 Å². The number of aliphatic imine (C=N–C) groups is 1. The Hall–Kier alpha value is -2.00. The van der Waals surface area contributed by atoms with Crippen LogP contribution < -0.4 is 20.1 Å². The molecule has 30 heavy (non-hydrogen) atoms. The van der Waals surface area contributed by atoms with E-state index in [1.54, 1.807) is 7.11 Å². The van der Waals surface area contributed by atoms with Crippen LogP contribution in [0.1, 0.15) is 43.6 Å². The molecule has 1 atom stereocenters. The zero-order valence-corrected chi connectivity index (χ0v) is 20.8. The van der Waals surface area contributed by atoms with Gasteiger partial charge in [0.25, 0.3) is 0 Å². The van der Waals surface area contributed by atoms with E-state index in [-0.39, 0.29) is 30.1 Å². The highest BCUT2D eigenvalue weighted by Gasteiger charge is 2.10. The van der Waals surface area contributed by atoms with E-state index in [4.69, 9.17) is 9.47 Å². The Morgan fingerprint density at radius 3 is 2.53 bits per heavy atom. The Kier molecular flexibility index (Phi) is 11.6. The van der Waals surface area contributed by atoms with E-state index in [9.17, 15) is 5.11 Å². The Bertz CT molecular complexity index is 812. The lowest BCUT2D eigenvalue weighted by molar-refractivity contribution is 0.179. The number of rotatable bonds is 9. The summed E-state index contributed by atoms with van der Waals surface area (Å²) in [6, 6.07) is 13.6. The molecule has 0 aromatic heterocycles. The fraction of sp³-hybridized carbons (Fsp3) is 0.435. The maximum absolute atomic E-state index is 10.6. The van der Waals surface area contributed by atoms with Crippen LogP contribution in [0.5, 0.6) is 11.5 Å². The number of aryl methyl sites for hydroxylation is 1. The van der Waals surface area contributed by atoms with Crippen molar-refractivity contribution < 1.29 is 14.6 Å². The highest BCUT2D eigenvalue weighted by atomic mass is 127. The van der Waals surface area contributed by atoms with Gasteiger partial charge in [-0.1, -0.05) is 24.3 Å². The molecule has 2 aromatic carbocycles. The predicted octanol–water partition coefficient (Wildman–Crippen LogP) is 4.20. The largest absolute Gasteiger partial charge is 0.496 e.